The van der Waals surface area contributed by atoms with Crippen LogP contribution >= 0.6 is 0 Å². The van der Waals surface area contributed by atoms with E-state index >= 15 is 0 Å². The van der Waals surface area contributed by atoms with Gasteiger partial charge in [-0.1, -0.05) is 52.4 Å². The summed E-state index contributed by atoms with van der Waals surface area (Å²) in [5.74, 6) is 0. The van der Waals surface area contributed by atoms with E-state index in [0.717, 1.165) is 6.54 Å². The number of hydrogen-bond donors (Lipinski definition) is 2. The van der Waals surface area contributed by atoms with Crippen molar-refractivity contribution in [2.75, 3.05) is 13.2 Å². The van der Waals surface area contributed by atoms with Crippen LogP contribution in [0.25, 0.3) is 0 Å². The minimum absolute atomic E-state index is 0.257. The van der Waals surface area contributed by atoms with Crippen molar-refractivity contribution >= 4 is 0 Å². The molecule has 0 saturated heterocycles. The zero-order valence-corrected chi connectivity index (χ0v) is 10.6. The van der Waals surface area contributed by atoms with E-state index in [2.05, 4.69) is 19.2 Å². The number of aliphatic hydroxyl groups is 1. The molecule has 0 spiro atoms. The van der Waals surface area contributed by atoms with Gasteiger partial charge in [-0.05, 0) is 12.8 Å². The molecule has 0 aromatic heterocycles. The molecule has 0 rings (SSSR count). The highest BCUT2D eigenvalue weighted by Gasteiger charge is 2.03. The first kappa shape index (κ1) is 14.9. The van der Waals surface area contributed by atoms with Gasteiger partial charge in [-0.15, -0.1) is 0 Å². The van der Waals surface area contributed by atoms with Crippen LogP contribution in [0.2, 0.25) is 0 Å². The minimum atomic E-state index is 0.257. The molecule has 92 valence electrons. The molecular weight excluding hydrogens is 186 g/mol. The fraction of sp³-hybridized carbons (Fsp3) is 1.00. The molecule has 2 heteroatoms. The number of aliphatic hydroxyl groups excluding tert-OH is 1. The van der Waals surface area contributed by atoms with E-state index in [1.807, 2.05) is 0 Å². The van der Waals surface area contributed by atoms with Crippen LogP contribution in [0.5, 0.6) is 0 Å². The van der Waals surface area contributed by atoms with E-state index in [4.69, 9.17) is 5.11 Å². The summed E-state index contributed by atoms with van der Waals surface area (Å²) in [4.78, 5) is 0. The van der Waals surface area contributed by atoms with Crippen LogP contribution in [0.4, 0.5) is 0 Å². The average Bonchev–Trinajstić information content (AvgIpc) is 2.27. The van der Waals surface area contributed by atoms with E-state index in [9.17, 15) is 0 Å². The van der Waals surface area contributed by atoms with Crippen molar-refractivity contribution in [2.45, 2.75) is 71.3 Å². The first-order valence-electron chi connectivity index (χ1n) is 6.69. The Hall–Kier alpha value is -0.0800. The molecule has 15 heavy (non-hydrogen) atoms. The van der Waals surface area contributed by atoms with Crippen molar-refractivity contribution in [3.05, 3.63) is 0 Å². The van der Waals surface area contributed by atoms with E-state index in [1.165, 1.54) is 51.4 Å². The maximum absolute atomic E-state index is 8.72. The topological polar surface area (TPSA) is 32.3 Å². The van der Waals surface area contributed by atoms with Crippen LogP contribution < -0.4 is 5.32 Å². The Morgan fingerprint density at radius 3 is 2.27 bits per heavy atom. The molecule has 0 saturated carbocycles. The smallest absolute Gasteiger partial charge is 0.0556 e. The number of nitrogens with one attached hydrogen (secondary N) is 1. The van der Waals surface area contributed by atoms with E-state index in [1.54, 1.807) is 0 Å². The summed E-state index contributed by atoms with van der Waals surface area (Å²) in [7, 11) is 0. The lowest BCUT2D eigenvalue weighted by molar-refractivity contribution is 0.279. The molecule has 0 aliphatic carbocycles. The van der Waals surface area contributed by atoms with Crippen LogP contribution in [0, 0.1) is 0 Å². The summed E-state index contributed by atoms with van der Waals surface area (Å²) >= 11 is 0. The molecule has 1 atom stereocenters. The Bertz CT molecular complexity index is 117. The second kappa shape index (κ2) is 12.0. The van der Waals surface area contributed by atoms with Gasteiger partial charge in [-0.25, -0.2) is 0 Å². The lowest BCUT2D eigenvalue weighted by Gasteiger charge is -2.15. The zero-order chi connectivity index (χ0) is 11.4. The Morgan fingerprint density at radius 1 is 1.00 bits per heavy atom. The Morgan fingerprint density at radius 2 is 1.67 bits per heavy atom. The standard InChI is InChI=1S/C13H29NO/c1-3-5-6-7-8-9-10-13(4-2)14-11-12-15/h13-15H,3-12H2,1-2H3. The third-order valence-corrected chi connectivity index (χ3v) is 2.94. The molecule has 0 fully saturated rings. The second-order valence-corrected chi connectivity index (χ2v) is 4.34. The molecule has 0 bridgehead atoms. The highest BCUT2D eigenvalue weighted by Crippen LogP contribution is 2.09. The summed E-state index contributed by atoms with van der Waals surface area (Å²) < 4.78 is 0. The van der Waals surface area contributed by atoms with Crippen LogP contribution in [0.3, 0.4) is 0 Å². The Kier molecular flexibility index (Phi) is 11.9. The van der Waals surface area contributed by atoms with Crippen molar-refractivity contribution in [2.24, 2.45) is 0 Å². The largest absolute Gasteiger partial charge is 0.395 e. The van der Waals surface area contributed by atoms with E-state index in [-0.39, 0.29) is 6.61 Å². The molecule has 1 unspecified atom stereocenters. The van der Waals surface area contributed by atoms with Gasteiger partial charge >= 0.3 is 0 Å². The lowest BCUT2D eigenvalue weighted by atomic mass is 10.0. The highest BCUT2D eigenvalue weighted by molar-refractivity contribution is 4.64. The van der Waals surface area contributed by atoms with Crippen LogP contribution in [-0.4, -0.2) is 24.3 Å². The molecule has 0 radical (unpaired) electrons. The number of hydrogen-bond acceptors (Lipinski definition) is 2. The van der Waals surface area contributed by atoms with Gasteiger partial charge in [0.15, 0.2) is 0 Å². The van der Waals surface area contributed by atoms with Gasteiger partial charge < -0.3 is 10.4 Å². The Labute approximate surface area is 95.5 Å². The monoisotopic (exact) mass is 215 g/mol. The van der Waals surface area contributed by atoms with Gasteiger partial charge in [0.2, 0.25) is 0 Å². The zero-order valence-electron chi connectivity index (χ0n) is 10.6. The molecule has 0 aromatic carbocycles. The fourth-order valence-corrected chi connectivity index (χ4v) is 1.89. The van der Waals surface area contributed by atoms with Crippen LogP contribution in [0.15, 0.2) is 0 Å². The summed E-state index contributed by atoms with van der Waals surface area (Å²) in [5, 5.41) is 12.1. The molecular formula is C13H29NO. The van der Waals surface area contributed by atoms with Gasteiger partial charge in [-0.3, -0.25) is 0 Å². The van der Waals surface area contributed by atoms with Gasteiger partial charge in [0.25, 0.3) is 0 Å². The van der Waals surface area contributed by atoms with Gasteiger partial charge in [0.1, 0.15) is 0 Å². The SMILES string of the molecule is CCCCCCCCC(CC)NCCO. The predicted octanol–water partition coefficient (Wildman–Crippen LogP) is 3.10. The van der Waals surface area contributed by atoms with Gasteiger partial charge in [-0.2, -0.15) is 0 Å². The predicted molar refractivity (Wildman–Crippen MR) is 67.2 cm³/mol. The highest BCUT2D eigenvalue weighted by atomic mass is 16.3. The maximum atomic E-state index is 8.72. The van der Waals surface area contributed by atoms with Crippen molar-refractivity contribution in [1.29, 1.82) is 0 Å². The molecule has 2 N–H and O–H groups in total. The van der Waals surface area contributed by atoms with Crippen LogP contribution in [0.1, 0.15) is 65.2 Å². The Balaban J connectivity index is 3.22. The van der Waals surface area contributed by atoms with Crippen molar-refractivity contribution in [3.63, 3.8) is 0 Å². The summed E-state index contributed by atoms with van der Waals surface area (Å²) in [5.41, 5.74) is 0. The fourth-order valence-electron chi connectivity index (χ4n) is 1.89. The van der Waals surface area contributed by atoms with Gasteiger partial charge in [0, 0.05) is 12.6 Å². The van der Waals surface area contributed by atoms with Gasteiger partial charge in [0.05, 0.1) is 6.61 Å². The van der Waals surface area contributed by atoms with Crippen molar-refractivity contribution in [1.82, 2.24) is 5.32 Å². The molecule has 0 aliphatic rings. The third-order valence-electron chi connectivity index (χ3n) is 2.94. The summed E-state index contributed by atoms with van der Waals surface area (Å²) in [6.07, 6.45) is 10.7. The lowest BCUT2D eigenvalue weighted by Crippen LogP contribution is -2.30. The molecule has 2 nitrogen and oxygen atoms in total. The second-order valence-electron chi connectivity index (χ2n) is 4.34. The number of rotatable bonds is 11. The number of unbranched alkanes of at least 4 members (excludes halogenated alkanes) is 5. The first-order chi connectivity index (χ1) is 7.35. The molecule has 0 aliphatic heterocycles. The first-order valence-corrected chi connectivity index (χ1v) is 6.69. The molecule has 0 heterocycles. The minimum Gasteiger partial charge on any atom is -0.395 e. The van der Waals surface area contributed by atoms with Crippen molar-refractivity contribution < 1.29 is 5.11 Å². The maximum Gasteiger partial charge on any atom is 0.0556 e. The summed E-state index contributed by atoms with van der Waals surface area (Å²) in [6, 6.07) is 0.614. The normalized spacial score (nSPS) is 13.0. The van der Waals surface area contributed by atoms with Crippen molar-refractivity contribution in [3.8, 4) is 0 Å². The molecule has 0 aromatic rings. The summed E-state index contributed by atoms with van der Waals surface area (Å²) in [6.45, 7) is 5.47. The van der Waals surface area contributed by atoms with E-state index in [0.29, 0.717) is 6.04 Å². The average molecular weight is 215 g/mol. The van der Waals surface area contributed by atoms with Crippen LogP contribution in [-0.2, 0) is 0 Å². The third kappa shape index (κ3) is 10.2. The van der Waals surface area contributed by atoms with E-state index < -0.39 is 0 Å². The molecule has 0 amide bonds. The quantitative estimate of drug-likeness (QED) is 0.519.